The molecule has 1 aromatic carbocycles. The lowest BCUT2D eigenvalue weighted by atomic mass is 10.0. The SMILES string of the molecule is Cc1cc(N2c3c(cccc3[N+](=O)[O-])C=NC2C(F)(F)c2ccc(F)cn2)n[nH]1. The van der Waals surface area contributed by atoms with E-state index < -0.39 is 28.5 Å². The zero-order valence-corrected chi connectivity index (χ0v) is 14.9. The van der Waals surface area contributed by atoms with E-state index in [0.717, 1.165) is 23.2 Å². The van der Waals surface area contributed by atoms with E-state index in [0.29, 0.717) is 17.5 Å². The van der Waals surface area contributed by atoms with Crippen LogP contribution >= 0.6 is 0 Å². The Labute approximate surface area is 161 Å². The molecule has 1 aliphatic heterocycles. The maximum Gasteiger partial charge on any atom is 0.329 e. The lowest BCUT2D eigenvalue weighted by molar-refractivity contribution is -0.384. The summed E-state index contributed by atoms with van der Waals surface area (Å²) in [5.41, 5.74) is -0.302. The van der Waals surface area contributed by atoms with Crippen molar-refractivity contribution < 1.29 is 18.1 Å². The molecule has 3 heterocycles. The number of fused-ring (bicyclic) bond motifs is 1. The Bertz CT molecular complexity index is 1110. The summed E-state index contributed by atoms with van der Waals surface area (Å²) in [5, 5.41) is 18.2. The van der Waals surface area contributed by atoms with Crippen LogP contribution in [0.5, 0.6) is 0 Å². The van der Waals surface area contributed by atoms with Crippen LogP contribution in [0.2, 0.25) is 0 Å². The van der Waals surface area contributed by atoms with Gasteiger partial charge in [0, 0.05) is 29.6 Å². The van der Waals surface area contributed by atoms with Gasteiger partial charge in [-0.2, -0.15) is 13.9 Å². The minimum Gasteiger partial charge on any atom is -0.289 e. The Morgan fingerprint density at radius 3 is 2.69 bits per heavy atom. The minimum atomic E-state index is -3.71. The molecule has 1 atom stereocenters. The fraction of sp³-hybridized carbons (Fsp3) is 0.167. The fourth-order valence-corrected chi connectivity index (χ4v) is 3.13. The van der Waals surface area contributed by atoms with Crippen LogP contribution in [0, 0.1) is 22.9 Å². The summed E-state index contributed by atoms with van der Waals surface area (Å²) in [6.45, 7) is 1.67. The van der Waals surface area contributed by atoms with Crippen molar-refractivity contribution >= 4 is 23.4 Å². The van der Waals surface area contributed by atoms with Crippen LogP contribution in [0.3, 0.4) is 0 Å². The molecule has 0 fully saturated rings. The van der Waals surface area contributed by atoms with Gasteiger partial charge in [0.2, 0.25) is 0 Å². The number of anilines is 2. The number of aryl methyl sites for hydroxylation is 1. The first-order chi connectivity index (χ1) is 13.8. The molecule has 0 bridgehead atoms. The molecule has 1 aliphatic rings. The Morgan fingerprint density at radius 2 is 2.07 bits per heavy atom. The summed E-state index contributed by atoms with van der Waals surface area (Å²) in [6.07, 6.45) is -0.0906. The fourth-order valence-electron chi connectivity index (χ4n) is 3.13. The van der Waals surface area contributed by atoms with Crippen molar-refractivity contribution in [3.63, 3.8) is 0 Å². The molecule has 11 heteroatoms. The van der Waals surface area contributed by atoms with Gasteiger partial charge in [-0.15, -0.1) is 0 Å². The van der Waals surface area contributed by atoms with Gasteiger partial charge in [-0.25, -0.2) is 4.39 Å². The number of nitro groups is 1. The van der Waals surface area contributed by atoms with Crippen molar-refractivity contribution in [3.05, 3.63) is 75.5 Å². The van der Waals surface area contributed by atoms with Crippen LogP contribution in [-0.4, -0.2) is 32.5 Å². The number of hydrogen-bond acceptors (Lipinski definition) is 6. The van der Waals surface area contributed by atoms with E-state index in [1.807, 2.05) is 0 Å². The average Bonchev–Trinajstić information content (AvgIpc) is 3.12. The van der Waals surface area contributed by atoms with Crippen LogP contribution < -0.4 is 4.90 Å². The predicted molar refractivity (Wildman–Crippen MR) is 98.0 cm³/mol. The number of pyridine rings is 1. The largest absolute Gasteiger partial charge is 0.329 e. The maximum atomic E-state index is 15.4. The van der Waals surface area contributed by atoms with Crippen molar-refractivity contribution in [1.82, 2.24) is 15.2 Å². The maximum absolute atomic E-state index is 15.4. The van der Waals surface area contributed by atoms with Crippen LogP contribution in [0.4, 0.5) is 30.4 Å². The summed E-state index contributed by atoms with van der Waals surface area (Å²) in [6, 6.07) is 7.38. The number of rotatable bonds is 4. The number of benzene rings is 1. The highest BCUT2D eigenvalue weighted by Crippen LogP contribution is 2.45. The summed E-state index contributed by atoms with van der Waals surface area (Å²) in [5.74, 6) is -4.45. The number of H-pyrrole nitrogens is 1. The second kappa shape index (κ2) is 6.69. The third-order valence-corrected chi connectivity index (χ3v) is 4.42. The number of aliphatic imine (C=N–C) groups is 1. The lowest BCUT2D eigenvalue weighted by Crippen LogP contribution is -2.45. The molecule has 0 amide bonds. The molecular weight excluding hydrogens is 389 g/mol. The quantitative estimate of drug-likeness (QED) is 0.528. The molecule has 0 saturated carbocycles. The molecule has 8 nitrogen and oxygen atoms in total. The zero-order chi connectivity index (χ0) is 20.8. The third kappa shape index (κ3) is 3.10. The van der Waals surface area contributed by atoms with Crippen LogP contribution in [0.15, 0.2) is 47.6 Å². The zero-order valence-electron chi connectivity index (χ0n) is 14.9. The first-order valence-corrected chi connectivity index (χ1v) is 8.40. The number of nitro benzene ring substituents is 1. The molecule has 29 heavy (non-hydrogen) atoms. The van der Waals surface area contributed by atoms with Gasteiger partial charge < -0.3 is 0 Å². The average molecular weight is 402 g/mol. The highest BCUT2D eigenvalue weighted by atomic mass is 19.3. The number of nitrogens with one attached hydrogen (secondary N) is 1. The van der Waals surface area contributed by atoms with Crippen molar-refractivity contribution in [3.8, 4) is 0 Å². The van der Waals surface area contributed by atoms with Crippen LogP contribution in [0.1, 0.15) is 17.0 Å². The smallest absolute Gasteiger partial charge is 0.289 e. The number of nitrogens with zero attached hydrogens (tertiary/aromatic N) is 5. The number of halogens is 3. The normalized spacial score (nSPS) is 16.0. The van der Waals surface area contributed by atoms with Crippen molar-refractivity contribution in [2.24, 2.45) is 4.99 Å². The highest BCUT2D eigenvalue weighted by molar-refractivity contribution is 5.96. The minimum absolute atomic E-state index is 0.0293. The number of aromatic nitrogens is 3. The van der Waals surface area contributed by atoms with E-state index in [4.69, 9.17) is 0 Å². The molecule has 148 valence electrons. The summed E-state index contributed by atoms with van der Waals surface area (Å²) in [7, 11) is 0. The molecule has 0 aliphatic carbocycles. The van der Waals surface area contributed by atoms with Gasteiger partial charge in [-0.05, 0) is 19.1 Å². The number of alkyl halides is 2. The monoisotopic (exact) mass is 402 g/mol. The summed E-state index contributed by atoms with van der Waals surface area (Å²) >= 11 is 0. The summed E-state index contributed by atoms with van der Waals surface area (Å²) in [4.78, 5) is 19.4. The van der Waals surface area contributed by atoms with Gasteiger partial charge in [0.05, 0.1) is 11.1 Å². The van der Waals surface area contributed by atoms with Crippen molar-refractivity contribution in [2.45, 2.75) is 19.0 Å². The molecule has 0 radical (unpaired) electrons. The second-order valence-corrected chi connectivity index (χ2v) is 6.39. The first-order valence-electron chi connectivity index (χ1n) is 8.40. The number of aromatic amines is 1. The van der Waals surface area contributed by atoms with E-state index in [-0.39, 0.29) is 17.2 Å². The van der Waals surface area contributed by atoms with Crippen LogP contribution in [0.25, 0.3) is 0 Å². The molecule has 3 aromatic rings. The van der Waals surface area contributed by atoms with Gasteiger partial charge in [-0.3, -0.25) is 30.1 Å². The van der Waals surface area contributed by atoms with E-state index in [2.05, 4.69) is 20.2 Å². The molecule has 2 aromatic heterocycles. The Hall–Kier alpha value is -3.76. The van der Waals surface area contributed by atoms with E-state index in [1.54, 1.807) is 6.92 Å². The van der Waals surface area contributed by atoms with Gasteiger partial charge in [-0.1, -0.05) is 12.1 Å². The Balaban J connectivity index is 1.93. The summed E-state index contributed by atoms with van der Waals surface area (Å²) < 4.78 is 44.0. The second-order valence-electron chi connectivity index (χ2n) is 6.39. The van der Waals surface area contributed by atoms with Crippen LogP contribution in [-0.2, 0) is 5.92 Å². The van der Waals surface area contributed by atoms with Crippen molar-refractivity contribution in [1.29, 1.82) is 0 Å². The topological polar surface area (TPSA) is 100 Å². The third-order valence-electron chi connectivity index (χ3n) is 4.42. The predicted octanol–water partition coefficient (Wildman–Crippen LogP) is 3.85. The van der Waals surface area contributed by atoms with E-state index >= 15 is 8.78 Å². The molecule has 0 saturated heterocycles. The van der Waals surface area contributed by atoms with E-state index in [1.165, 1.54) is 24.3 Å². The van der Waals surface area contributed by atoms with Gasteiger partial charge in [0.15, 0.2) is 12.0 Å². The lowest BCUT2D eigenvalue weighted by Gasteiger charge is -2.36. The number of hydrogen-bond donors (Lipinski definition) is 1. The number of para-hydroxylation sites is 1. The van der Waals surface area contributed by atoms with Crippen molar-refractivity contribution in [2.75, 3.05) is 4.90 Å². The Kier molecular flexibility index (Phi) is 4.29. The molecule has 4 rings (SSSR count). The Morgan fingerprint density at radius 1 is 1.28 bits per heavy atom. The standard InChI is InChI=1S/C18H13F3N6O2/c1-10-7-15(25-24-10)26-16-11(3-2-4-13(16)27(28)29)8-23-17(26)18(20,21)14-6-5-12(19)9-22-14/h2-9,17H,1H3,(H,24,25). The molecule has 1 N–H and O–H groups in total. The highest BCUT2D eigenvalue weighted by Gasteiger charge is 2.50. The molecule has 0 spiro atoms. The van der Waals surface area contributed by atoms with Gasteiger partial charge in [0.25, 0.3) is 5.69 Å². The van der Waals surface area contributed by atoms with Gasteiger partial charge in [0.1, 0.15) is 17.2 Å². The molecular formula is C18H13F3N6O2. The molecule has 1 unspecified atom stereocenters. The van der Waals surface area contributed by atoms with Gasteiger partial charge >= 0.3 is 5.92 Å². The van der Waals surface area contributed by atoms with E-state index in [9.17, 15) is 14.5 Å². The first kappa shape index (κ1) is 18.6.